The smallest absolute Gasteiger partial charge is 0.261 e. The van der Waals surface area contributed by atoms with Gasteiger partial charge >= 0.3 is 0 Å². The zero-order valence-corrected chi connectivity index (χ0v) is 17.4. The average molecular weight is 408 g/mol. The van der Waals surface area contributed by atoms with E-state index in [4.69, 9.17) is 0 Å². The summed E-state index contributed by atoms with van der Waals surface area (Å²) in [4.78, 5) is 31.7. The van der Waals surface area contributed by atoms with Crippen molar-refractivity contribution in [3.63, 3.8) is 0 Å². The molecule has 0 aliphatic carbocycles. The summed E-state index contributed by atoms with van der Waals surface area (Å²) < 4.78 is 1.53. The van der Waals surface area contributed by atoms with Crippen LogP contribution in [-0.2, 0) is 18.3 Å². The highest BCUT2D eigenvalue weighted by atomic mass is 32.2. The zero-order valence-electron chi connectivity index (χ0n) is 16.6. The Morgan fingerprint density at radius 1 is 1.07 bits per heavy atom. The van der Waals surface area contributed by atoms with Crippen molar-refractivity contribution in [3.8, 4) is 0 Å². The van der Waals surface area contributed by atoms with E-state index in [2.05, 4.69) is 29.2 Å². The molecule has 150 valence electrons. The summed E-state index contributed by atoms with van der Waals surface area (Å²) in [6.07, 6.45) is 3.16. The first-order valence-corrected chi connectivity index (χ1v) is 11.0. The largest absolute Gasteiger partial charge is 0.342 e. The van der Waals surface area contributed by atoms with Gasteiger partial charge in [0.15, 0.2) is 5.16 Å². The normalized spacial score (nSPS) is 15.0. The molecule has 2 aromatic carbocycles. The van der Waals surface area contributed by atoms with Crippen LogP contribution >= 0.6 is 11.8 Å². The van der Waals surface area contributed by atoms with E-state index < -0.39 is 0 Å². The summed E-state index contributed by atoms with van der Waals surface area (Å²) in [5.74, 6) is 1.06. The van der Waals surface area contributed by atoms with E-state index in [-0.39, 0.29) is 11.5 Å². The number of hydrogen-bond acceptors (Lipinski definition) is 4. The number of likely N-dealkylation sites (tertiary alicyclic amines) is 1. The maximum absolute atomic E-state index is 12.7. The third-order valence-corrected chi connectivity index (χ3v) is 6.62. The Bertz CT molecular complexity index is 1060. The quantitative estimate of drug-likeness (QED) is 0.480. The Labute approximate surface area is 174 Å². The highest BCUT2D eigenvalue weighted by Crippen LogP contribution is 2.23. The lowest BCUT2D eigenvalue weighted by molar-refractivity contribution is -0.129. The van der Waals surface area contributed by atoms with E-state index in [0.29, 0.717) is 27.7 Å². The molecule has 2 heterocycles. The minimum Gasteiger partial charge on any atom is -0.342 e. The average Bonchev–Trinajstić information content (AvgIpc) is 2.76. The van der Waals surface area contributed by atoms with Gasteiger partial charge in [0.1, 0.15) is 0 Å². The summed E-state index contributed by atoms with van der Waals surface area (Å²) in [5.41, 5.74) is 1.97. The van der Waals surface area contributed by atoms with E-state index in [0.717, 1.165) is 32.4 Å². The van der Waals surface area contributed by atoms with Crippen LogP contribution in [0.5, 0.6) is 0 Å². The van der Waals surface area contributed by atoms with Gasteiger partial charge in [-0.3, -0.25) is 14.2 Å². The van der Waals surface area contributed by atoms with Gasteiger partial charge in [0, 0.05) is 20.1 Å². The van der Waals surface area contributed by atoms with Crippen LogP contribution in [0.25, 0.3) is 10.9 Å². The van der Waals surface area contributed by atoms with E-state index >= 15 is 0 Å². The molecule has 3 aromatic rings. The minimum absolute atomic E-state index is 0.0766. The minimum atomic E-state index is -0.0766. The molecule has 1 saturated heterocycles. The maximum atomic E-state index is 12.7. The topological polar surface area (TPSA) is 55.2 Å². The first-order valence-electron chi connectivity index (χ1n) is 10.0. The molecule has 1 aliphatic rings. The number of aromatic nitrogens is 2. The first-order chi connectivity index (χ1) is 14.1. The van der Waals surface area contributed by atoms with E-state index in [1.807, 2.05) is 29.2 Å². The highest BCUT2D eigenvalue weighted by Gasteiger charge is 2.23. The molecule has 0 N–H and O–H groups in total. The predicted molar refractivity (Wildman–Crippen MR) is 117 cm³/mol. The molecule has 0 bridgehead atoms. The second-order valence-corrected chi connectivity index (χ2v) is 8.52. The molecular formula is C23H25N3O2S. The van der Waals surface area contributed by atoms with Crippen LogP contribution in [-0.4, -0.2) is 39.2 Å². The summed E-state index contributed by atoms with van der Waals surface area (Å²) in [7, 11) is 1.71. The summed E-state index contributed by atoms with van der Waals surface area (Å²) in [6.45, 7) is 1.61. The molecule has 0 atom stereocenters. The number of carbonyl (C=O) groups excluding carboxylic acids is 1. The molecule has 0 unspecified atom stereocenters. The van der Waals surface area contributed by atoms with E-state index in [9.17, 15) is 9.59 Å². The molecule has 0 radical (unpaired) electrons. The standard InChI is InChI=1S/C23H25N3O2S/c1-25-22(28)19-9-5-6-10-20(19)24-23(25)29-16-21(27)26-13-11-18(12-14-26)15-17-7-3-2-4-8-17/h2-10,18H,11-16H2,1H3. The molecule has 5 nitrogen and oxygen atoms in total. The van der Waals surface area contributed by atoms with Crippen molar-refractivity contribution in [3.05, 3.63) is 70.5 Å². The van der Waals surface area contributed by atoms with Crippen molar-refractivity contribution < 1.29 is 4.79 Å². The van der Waals surface area contributed by atoms with Gasteiger partial charge in [-0.05, 0) is 42.9 Å². The number of para-hydroxylation sites is 1. The Kier molecular flexibility index (Phi) is 6.00. The van der Waals surface area contributed by atoms with Crippen LogP contribution in [0.1, 0.15) is 18.4 Å². The van der Waals surface area contributed by atoms with Gasteiger partial charge in [0.05, 0.1) is 16.7 Å². The van der Waals surface area contributed by atoms with Gasteiger partial charge in [-0.25, -0.2) is 4.98 Å². The molecule has 1 amide bonds. The fourth-order valence-corrected chi connectivity index (χ4v) is 4.75. The van der Waals surface area contributed by atoms with Crippen LogP contribution < -0.4 is 5.56 Å². The SMILES string of the molecule is Cn1c(SCC(=O)N2CCC(Cc3ccccc3)CC2)nc2ccccc2c1=O. The molecule has 1 aliphatic heterocycles. The maximum Gasteiger partial charge on any atom is 0.261 e. The van der Waals surface area contributed by atoms with Gasteiger partial charge < -0.3 is 4.90 Å². The van der Waals surface area contributed by atoms with Gasteiger partial charge in [0.2, 0.25) is 5.91 Å². The van der Waals surface area contributed by atoms with Crippen LogP contribution in [0.3, 0.4) is 0 Å². The molecular weight excluding hydrogens is 382 g/mol. The van der Waals surface area contributed by atoms with E-state index in [1.54, 1.807) is 13.1 Å². The van der Waals surface area contributed by atoms with Crippen LogP contribution in [0.15, 0.2) is 64.5 Å². The van der Waals surface area contributed by atoms with E-state index in [1.165, 1.54) is 21.9 Å². The number of benzene rings is 2. The number of fused-ring (bicyclic) bond motifs is 1. The lowest BCUT2D eigenvalue weighted by Crippen LogP contribution is -2.40. The Balaban J connectivity index is 1.33. The molecule has 4 rings (SSSR count). The Morgan fingerprint density at radius 2 is 1.76 bits per heavy atom. The van der Waals surface area contributed by atoms with Gasteiger partial charge in [-0.2, -0.15) is 0 Å². The predicted octanol–water partition coefficient (Wildman–Crippen LogP) is 3.51. The molecule has 1 fully saturated rings. The molecule has 1 aromatic heterocycles. The number of amides is 1. The zero-order chi connectivity index (χ0) is 20.2. The summed E-state index contributed by atoms with van der Waals surface area (Å²) in [5, 5.41) is 1.19. The van der Waals surface area contributed by atoms with Gasteiger partial charge in [0.25, 0.3) is 5.56 Å². The Hall–Kier alpha value is -2.60. The van der Waals surface area contributed by atoms with Crippen molar-refractivity contribution >= 4 is 28.6 Å². The van der Waals surface area contributed by atoms with Crippen molar-refractivity contribution in [2.75, 3.05) is 18.8 Å². The number of hydrogen-bond donors (Lipinski definition) is 0. The number of carbonyl (C=O) groups is 1. The molecule has 29 heavy (non-hydrogen) atoms. The fourth-order valence-electron chi connectivity index (χ4n) is 3.88. The summed E-state index contributed by atoms with van der Waals surface area (Å²) in [6, 6.07) is 17.9. The van der Waals surface area contributed by atoms with Crippen LogP contribution in [0, 0.1) is 5.92 Å². The molecule has 0 spiro atoms. The van der Waals surface area contributed by atoms with Crippen LogP contribution in [0.4, 0.5) is 0 Å². The number of piperidine rings is 1. The second-order valence-electron chi connectivity index (χ2n) is 7.58. The Morgan fingerprint density at radius 3 is 2.52 bits per heavy atom. The fraction of sp³-hybridized carbons (Fsp3) is 0.348. The lowest BCUT2D eigenvalue weighted by atomic mass is 9.90. The van der Waals surface area contributed by atoms with Crippen molar-refractivity contribution in [1.82, 2.24) is 14.5 Å². The van der Waals surface area contributed by atoms with Gasteiger partial charge in [-0.15, -0.1) is 0 Å². The number of thioether (sulfide) groups is 1. The number of rotatable bonds is 5. The molecule has 0 saturated carbocycles. The monoisotopic (exact) mass is 407 g/mol. The van der Waals surface area contributed by atoms with Crippen molar-refractivity contribution in [2.24, 2.45) is 13.0 Å². The number of nitrogens with zero attached hydrogens (tertiary/aromatic N) is 3. The van der Waals surface area contributed by atoms with Crippen LogP contribution in [0.2, 0.25) is 0 Å². The van der Waals surface area contributed by atoms with Gasteiger partial charge in [-0.1, -0.05) is 54.2 Å². The third kappa shape index (κ3) is 4.53. The molecule has 6 heteroatoms. The second kappa shape index (κ2) is 8.82. The lowest BCUT2D eigenvalue weighted by Gasteiger charge is -2.32. The third-order valence-electron chi connectivity index (χ3n) is 5.60. The van der Waals surface area contributed by atoms with Crippen molar-refractivity contribution in [2.45, 2.75) is 24.4 Å². The first kappa shape index (κ1) is 19.7. The van der Waals surface area contributed by atoms with Crippen molar-refractivity contribution in [1.29, 1.82) is 0 Å². The highest BCUT2D eigenvalue weighted by molar-refractivity contribution is 7.99. The summed E-state index contributed by atoms with van der Waals surface area (Å²) >= 11 is 1.34.